The Kier molecular flexibility index (Phi) is 11.4. The number of hydrogen-bond acceptors (Lipinski definition) is 0. The molecule has 0 N–H and O–H groups in total. The van der Waals surface area contributed by atoms with Crippen molar-refractivity contribution < 1.29 is 0 Å². The molecule has 1 aliphatic carbocycles. The van der Waals surface area contributed by atoms with Crippen molar-refractivity contribution in [3.63, 3.8) is 0 Å². The van der Waals surface area contributed by atoms with Crippen molar-refractivity contribution in [2.24, 2.45) is 0 Å². The summed E-state index contributed by atoms with van der Waals surface area (Å²) in [4.78, 5) is 0. The summed E-state index contributed by atoms with van der Waals surface area (Å²) in [7, 11) is 8.42. The summed E-state index contributed by atoms with van der Waals surface area (Å²) in [6, 6.07) is 0. The van der Waals surface area contributed by atoms with E-state index >= 15 is 0 Å². The highest BCUT2D eigenvalue weighted by Gasteiger charge is 1.84. The van der Waals surface area contributed by atoms with Crippen LogP contribution in [0, 0.1) is 0 Å². The molecule has 0 amide bonds. The molecule has 1 aliphatic rings. The molecule has 0 aromatic heterocycles. The molecule has 0 saturated heterocycles. The maximum absolute atomic E-state index is 4.96. The van der Waals surface area contributed by atoms with Gasteiger partial charge in [0.05, 0.1) is 7.17 Å². The van der Waals surface area contributed by atoms with Crippen LogP contribution in [0.15, 0.2) is 24.3 Å². The lowest BCUT2D eigenvalue weighted by molar-refractivity contribution is 0.758. The van der Waals surface area contributed by atoms with E-state index in [9.17, 15) is 0 Å². The molecule has 0 saturated carbocycles. The third-order valence-corrected chi connectivity index (χ3v) is 1.75. The Bertz CT molecular complexity index is 125. The van der Waals surface area contributed by atoms with Gasteiger partial charge in [-0.2, -0.15) is 0 Å². The quantitative estimate of drug-likeness (QED) is 0.558. The Labute approximate surface area is 85.7 Å². The van der Waals surface area contributed by atoms with Crippen LogP contribution in [0.25, 0.3) is 0 Å². The minimum absolute atomic E-state index is 1.04. The van der Waals surface area contributed by atoms with E-state index in [4.69, 9.17) is 7.74 Å². The van der Waals surface area contributed by atoms with Crippen molar-refractivity contribution in [3.05, 3.63) is 24.3 Å². The summed E-state index contributed by atoms with van der Waals surface area (Å²) < 4.78 is 0. The molecule has 0 heterocycles. The molecule has 0 aliphatic heterocycles. The van der Waals surface area contributed by atoms with Gasteiger partial charge in [-0.05, 0) is 25.7 Å². The molecule has 0 unspecified atom stereocenters. The molecular formula is C10H17B3. The second-order valence-electron chi connectivity index (χ2n) is 2.98. The Balaban J connectivity index is 0.000000252. The first-order chi connectivity index (χ1) is 6.41. The summed E-state index contributed by atoms with van der Waals surface area (Å²) >= 11 is 0. The Morgan fingerprint density at radius 1 is 1.15 bits per heavy atom. The molecule has 1 rings (SSSR count). The van der Waals surface area contributed by atoms with Crippen LogP contribution in [0.5, 0.6) is 0 Å². The standard InChI is InChI=1S/C8H12.C2H5B3/c1-2-4-6-8-7-5-3-1;1-2-4-5-3/h1-4H,5-8H2;2H2,1H3. The van der Waals surface area contributed by atoms with Gasteiger partial charge < -0.3 is 0 Å². The van der Waals surface area contributed by atoms with Gasteiger partial charge in [-0.15, -0.1) is 0 Å². The third kappa shape index (κ3) is 11.7. The smallest absolute Gasteiger partial charge is 0.0541 e. The molecule has 0 aromatic carbocycles. The van der Waals surface area contributed by atoms with Gasteiger partial charge in [0.15, 0.2) is 0 Å². The van der Waals surface area contributed by atoms with Gasteiger partial charge in [-0.3, -0.25) is 0 Å². The van der Waals surface area contributed by atoms with Gasteiger partial charge in [-0.1, -0.05) is 37.5 Å². The number of hydrogen-bond donors (Lipinski definition) is 0. The molecule has 0 bridgehead atoms. The zero-order chi connectivity index (χ0) is 9.78. The van der Waals surface area contributed by atoms with Crippen LogP contribution in [0.2, 0.25) is 6.32 Å². The molecule has 0 nitrogen and oxygen atoms in total. The van der Waals surface area contributed by atoms with Crippen LogP contribution < -0.4 is 0 Å². The van der Waals surface area contributed by atoms with Crippen LogP contribution in [-0.4, -0.2) is 22.0 Å². The van der Waals surface area contributed by atoms with Crippen LogP contribution in [0.3, 0.4) is 0 Å². The molecule has 4 radical (unpaired) electrons. The van der Waals surface area contributed by atoms with Crippen molar-refractivity contribution in [1.82, 2.24) is 0 Å². The first-order valence-corrected chi connectivity index (χ1v) is 5.10. The predicted octanol–water partition coefficient (Wildman–Crippen LogP) is 2.50. The van der Waals surface area contributed by atoms with Gasteiger partial charge in [0, 0.05) is 14.8 Å². The average Bonchev–Trinajstić information content (AvgIpc) is 2.05. The molecule has 0 spiro atoms. The average molecular weight is 170 g/mol. The lowest BCUT2D eigenvalue weighted by Crippen LogP contribution is -1.98. The topological polar surface area (TPSA) is 0 Å². The van der Waals surface area contributed by atoms with Gasteiger partial charge >= 0.3 is 0 Å². The maximum atomic E-state index is 4.96. The fourth-order valence-electron chi connectivity index (χ4n) is 1.01. The summed E-state index contributed by atoms with van der Waals surface area (Å²) in [6.07, 6.45) is 15.0. The Morgan fingerprint density at radius 3 is 2.00 bits per heavy atom. The number of allylic oxidation sites excluding steroid dienone is 4. The minimum atomic E-state index is 1.04. The molecule has 13 heavy (non-hydrogen) atoms. The fourth-order valence-corrected chi connectivity index (χ4v) is 1.01. The van der Waals surface area contributed by atoms with Crippen LogP contribution >= 0.6 is 0 Å². The monoisotopic (exact) mass is 170 g/mol. The van der Waals surface area contributed by atoms with Crippen molar-refractivity contribution >= 4 is 22.0 Å². The van der Waals surface area contributed by atoms with E-state index in [0.717, 1.165) is 6.32 Å². The lowest BCUT2D eigenvalue weighted by atomic mass is 9.27. The van der Waals surface area contributed by atoms with E-state index in [1.165, 1.54) is 25.7 Å². The first kappa shape index (κ1) is 12.7. The lowest BCUT2D eigenvalue weighted by Gasteiger charge is -1.94. The van der Waals surface area contributed by atoms with Crippen molar-refractivity contribution in [1.29, 1.82) is 0 Å². The highest BCUT2D eigenvalue weighted by molar-refractivity contribution is 7.23. The molecule has 3 heteroatoms. The van der Waals surface area contributed by atoms with Crippen LogP contribution in [0.1, 0.15) is 32.6 Å². The number of rotatable bonds is 2. The largest absolute Gasteiger partial charge is 0.0923 e. The van der Waals surface area contributed by atoms with E-state index in [-0.39, 0.29) is 0 Å². The predicted molar refractivity (Wildman–Crippen MR) is 64.5 cm³/mol. The molecule has 0 atom stereocenters. The van der Waals surface area contributed by atoms with Gasteiger partial charge in [0.1, 0.15) is 0 Å². The van der Waals surface area contributed by atoms with Gasteiger partial charge in [-0.25, -0.2) is 0 Å². The highest BCUT2D eigenvalue weighted by Crippen LogP contribution is 2.04. The normalized spacial score (nSPS) is 14.8. The zero-order valence-corrected chi connectivity index (χ0v) is 8.58. The fraction of sp³-hybridized carbons (Fsp3) is 0.600. The van der Waals surface area contributed by atoms with Crippen molar-refractivity contribution in [2.75, 3.05) is 0 Å². The second-order valence-corrected chi connectivity index (χ2v) is 2.98. The Morgan fingerprint density at radius 2 is 1.69 bits per heavy atom. The highest BCUT2D eigenvalue weighted by atomic mass is 13.9. The van der Waals surface area contributed by atoms with E-state index in [2.05, 4.69) is 24.3 Å². The summed E-state index contributed by atoms with van der Waals surface area (Å²) in [5, 5.41) is 0. The maximum Gasteiger partial charge on any atom is 0.0541 e. The van der Waals surface area contributed by atoms with Crippen LogP contribution in [0.4, 0.5) is 0 Å². The third-order valence-electron chi connectivity index (χ3n) is 1.75. The summed E-state index contributed by atoms with van der Waals surface area (Å²) in [5.41, 5.74) is 0. The molecular weight excluding hydrogens is 153 g/mol. The van der Waals surface area contributed by atoms with Crippen LogP contribution in [-0.2, 0) is 0 Å². The molecule has 0 fully saturated rings. The van der Waals surface area contributed by atoms with E-state index in [1.54, 1.807) is 7.06 Å². The summed E-state index contributed by atoms with van der Waals surface area (Å²) in [6.45, 7) is 2.04. The molecule has 0 aromatic rings. The van der Waals surface area contributed by atoms with E-state index < -0.39 is 0 Å². The van der Waals surface area contributed by atoms with Gasteiger partial charge in [0.2, 0.25) is 0 Å². The van der Waals surface area contributed by atoms with E-state index in [1.807, 2.05) is 14.1 Å². The Hall–Kier alpha value is -0.325. The second kappa shape index (κ2) is 11.7. The summed E-state index contributed by atoms with van der Waals surface area (Å²) in [5.74, 6) is 0. The van der Waals surface area contributed by atoms with Gasteiger partial charge in [0.25, 0.3) is 0 Å². The first-order valence-electron chi connectivity index (χ1n) is 5.10. The van der Waals surface area contributed by atoms with E-state index in [0.29, 0.717) is 0 Å². The SMILES string of the molecule is C1=CCCCCC=C1.[B][B][B]CC. The molecule has 66 valence electrons. The van der Waals surface area contributed by atoms with Crippen molar-refractivity contribution in [3.8, 4) is 0 Å². The van der Waals surface area contributed by atoms with Crippen molar-refractivity contribution in [2.45, 2.75) is 38.9 Å². The zero-order valence-electron chi connectivity index (χ0n) is 8.58. The minimum Gasteiger partial charge on any atom is -0.0923 e.